The van der Waals surface area contributed by atoms with Crippen LogP contribution in [0.25, 0.3) is 10.9 Å². The van der Waals surface area contributed by atoms with Gasteiger partial charge in [0, 0.05) is 27.3 Å². The Bertz CT molecular complexity index is 783. The van der Waals surface area contributed by atoms with E-state index in [0.29, 0.717) is 5.56 Å². The highest BCUT2D eigenvalue weighted by Gasteiger charge is 2.14. The number of para-hydroxylation sites is 1. The molecule has 0 amide bonds. The van der Waals surface area contributed by atoms with Gasteiger partial charge in [-0.3, -0.25) is 4.98 Å². The van der Waals surface area contributed by atoms with Gasteiger partial charge in [0.2, 0.25) is 0 Å². The lowest BCUT2D eigenvalue weighted by molar-refractivity contribution is 0.586. The van der Waals surface area contributed by atoms with Crippen molar-refractivity contribution in [3.63, 3.8) is 0 Å². The van der Waals surface area contributed by atoms with Crippen molar-refractivity contribution in [3.05, 3.63) is 71.9 Å². The topological polar surface area (TPSA) is 12.9 Å². The van der Waals surface area contributed by atoms with Gasteiger partial charge in [0.1, 0.15) is 11.6 Å². The molecule has 1 atom stereocenters. The summed E-state index contributed by atoms with van der Waals surface area (Å²) in [6.07, 6.45) is 1.74. The largest absolute Gasteiger partial charge is 0.256 e. The van der Waals surface area contributed by atoms with Gasteiger partial charge >= 0.3 is 0 Å². The van der Waals surface area contributed by atoms with Gasteiger partial charge in [-0.15, -0.1) is 11.8 Å². The van der Waals surface area contributed by atoms with Crippen LogP contribution in [-0.2, 0) is 0 Å². The van der Waals surface area contributed by atoms with Crippen molar-refractivity contribution in [3.8, 4) is 0 Å². The summed E-state index contributed by atoms with van der Waals surface area (Å²) in [6.45, 7) is 1.87. The molecular formula is C17H13F2NS. The number of fused-ring (bicyclic) bond motifs is 1. The van der Waals surface area contributed by atoms with Gasteiger partial charge in [-0.05, 0) is 37.3 Å². The van der Waals surface area contributed by atoms with Crippen LogP contribution < -0.4 is 0 Å². The van der Waals surface area contributed by atoms with Gasteiger partial charge in [0.25, 0.3) is 0 Å². The van der Waals surface area contributed by atoms with E-state index in [9.17, 15) is 8.78 Å². The Morgan fingerprint density at radius 2 is 1.86 bits per heavy atom. The first-order chi connectivity index (χ1) is 10.1. The molecule has 0 saturated heterocycles. The normalized spacial score (nSPS) is 12.5. The first kappa shape index (κ1) is 14.0. The molecule has 3 aromatic rings. The van der Waals surface area contributed by atoms with Crippen molar-refractivity contribution < 1.29 is 8.78 Å². The minimum atomic E-state index is -0.418. The standard InChI is InChI=1S/C17H13F2NS/c1-11(14-10-12(18)6-7-15(14)19)21-17-8-9-20-16-5-3-2-4-13(16)17/h2-11H,1H3. The Kier molecular flexibility index (Phi) is 3.88. The third-order valence-corrected chi connectivity index (χ3v) is 4.53. The van der Waals surface area contributed by atoms with Crippen molar-refractivity contribution in [2.24, 2.45) is 0 Å². The van der Waals surface area contributed by atoms with Crippen molar-refractivity contribution in [1.82, 2.24) is 4.98 Å². The summed E-state index contributed by atoms with van der Waals surface area (Å²) in [6, 6.07) is 13.3. The quantitative estimate of drug-likeness (QED) is 0.603. The van der Waals surface area contributed by atoms with Crippen LogP contribution in [-0.4, -0.2) is 4.98 Å². The average Bonchev–Trinajstić information content (AvgIpc) is 2.50. The summed E-state index contributed by atoms with van der Waals surface area (Å²) >= 11 is 1.50. The number of nitrogens with zero attached hydrogens (tertiary/aromatic N) is 1. The Morgan fingerprint density at radius 1 is 1.05 bits per heavy atom. The lowest BCUT2D eigenvalue weighted by Crippen LogP contribution is -1.95. The third kappa shape index (κ3) is 2.90. The highest BCUT2D eigenvalue weighted by atomic mass is 32.2. The van der Waals surface area contributed by atoms with Gasteiger partial charge in [0.05, 0.1) is 5.52 Å². The second kappa shape index (κ2) is 5.82. The predicted octanol–water partition coefficient (Wildman–Crippen LogP) is 5.37. The molecule has 0 aliphatic carbocycles. The molecule has 106 valence electrons. The fourth-order valence-electron chi connectivity index (χ4n) is 2.25. The maximum Gasteiger partial charge on any atom is 0.127 e. The van der Waals surface area contributed by atoms with Crippen molar-refractivity contribution in [2.45, 2.75) is 17.1 Å². The van der Waals surface area contributed by atoms with Crippen molar-refractivity contribution in [2.75, 3.05) is 0 Å². The molecule has 1 heterocycles. The van der Waals surface area contributed by atoms with E-state index in [1.54, 1.807) is 6.20 Å². The van der Waals surface area contributed by atoms with Crippen LogP contribution in [0, 0.1) is 11.6 Å². The van der Waals surface area contributed by atoms with E-state index in [-0.39, 0.29) is 11.1 Å². The lowest BCUT2D eigenvalue weighted by atomic mass is 10.1. The van der Waals surface area contributed by atoms with Crippen LogP contribution >= 0.6 is 11.8 Å². The minimum Gasteiger partial charge on any atom is -0.256 e. The fourth-order valence-corrected chi connectivity index (χ4v) is 3.38. The third-order valence-electron chi connectivity index (χ3n) is 3.31. The number of pyridine rings is 1. The smallest absolute Gasteiger partial charge is 0.127 e. The molecule has 0 radical (unpaired) electrons. The lowest BCUT2D eigenvalue weighted by Gasteiger charge is -2.14. The average molecular weight is 301 g/mol. The molecule has 0 bridgehead atoms. The van der Waals surface area contributed by atoms with Crippen molar-refractivity contribution in [1.29, 1.82) is 0 Å². The number of thioether (sulfide) groups is 1. The molecule has 0 aliphatic heterocycles. The van der Waals surface area contributed by atoms with Crippen LogP contribution in [0.4, 0.5) is 8.78 Å². The zero-order valence-electron chi connectivity index (χ0n) is 11.4. The number of aromatic nitrogens is 1. The molecular weight excluding hydrogens is 288 g/mol. The highest BCUT2D eigenvalue weighted by Crippen LogP contribution is 2.38. The Balaban J connectivity index is 1.96. The van der Waals surface area contributed by atoms with E-state index in [1.165, 1.54) is 23.9 Å². The zero-order valence-corrected chi connectivity index (χ0v) is 12.2. The molecule has 21 heavy (non-hydrogen) atoms. The molecule has 1 aromatic heterocycles. The number of halogens is 2. The number of hydrogen-bond acceptors (Lipinski definition) is 2. The van der Waals surface area contributed by atoms with Gasteiger partial charge in [0.15, 0.2) is 0 Å². The van der Waals surface area contributed by atoms with Gasteiger partial charge < -0.3 is 0 Å². The first-order valence-electron chi connectivity index (χ1n) is 6.60. The van der Waals surface area contributed by atoms with Crippen LogP contribution in [0.3, 0.4) is 0 Å². The number of benzene rings is 2. The summed E-state index contributed by atoms with van der Waals surface area (Å²) in [4.78, 5) is 5.32. The SMILES string of the molecule is CC(Sc1ccnc2ccccc12)c1cc(F)ccc1F. The highest BCUT2D eigenvalue weighted by molar-refractivity contribution is 7.99. The first-order valence-corrected chi connectivity index (χ1v) is 7.48. The molecule has 3 rings (SSSR count). The number of hydrogen-bond donors (Lipinski definition) is 0. The van der Waals surface area contributed by atoms with Crippen LogP contribution in [0.15, 0.2) is 59.6 Å². The maximum atomic E-state index is 13.8. The summed E-state index contributed by atoms with van der Waals surface area (Å²) in [5.41, 5.74) is 1.27. The Labute approximate surface area is 126 Å². The maximum absolute atomic E-state index is 13.8. The molecule has 0 saturated carbocycles. The number of rotatable bonds is 3. The van der Waals surface area contributed by atoms with E-state index < -0.39 is 5.82 Å². The van der Waals surface area contributed by atoms with Crippen LogP contribution in [0.5, 0.6) is 0 Å². The van der Waals surface area contributed by atoms with E-state index >= 15 is 0 Å². The fraction of sp³-hybridized carbons (Fsp3) is 0.118. The second-order valence-corrected chi connectivity index (χ2v) is 6.13. The summed E-state index contributed by atoms with van der Waals surface area (Å²) in [7, 11) is 0. The molecule has 0 fully saturated rings. The van der Waals surface area contributed by atoms with E-state index in [4.69, 9.17) is 0 Å². The molecule has 0 spiro atoms. The van der Waals surface area contributed by atoms with Crippen molar-refractivity contribution >= 4 is 22.7 Å². The van der Waals surface area contributed by atoms with Gasteiger partial charge in [-0.2, -0.15) is 0 Å². The molecule has 1 nitrogen and oxygen atoms in total. The molecule has 4 heteroatoms. The predicted molar refractivity (Wildman–Crippen MR) is 82.4 cm³/mol. The molecule has 0 N–H and O–H groups in total. The second-order valence-electron chi connectivity index (χ2n) is 4.75. The molecule has 1 unspecified atom stereocenters. The van der Waals surface area contributed by atoms with Crippen LogP contribution in [0.1, 0.15) is 17.7 Å². The molecule has 2 aromatic carbocycles. The van der Waals surface area contributed by atoms with Gasteiger partial charge in [-0.25, -0.2) is 8.78 Å². The molecule has 0 aliphatic rings. The van der Waals surface area contributed by atoms with Gasteiger partial charge in [-0.1, -0.05) is 18.2 Å². The monoisotopic (exact) mass is 301 g/mol. The van der Waals surface area contributed by atoms with Crippen LogP contribution in [0.2, 0.25) is 0 Å². The Morgan fingerprint density at radius 3 is 2.71 bits per heavy atom. The summed E-state index contributed by atoms with van der Waals surface area (Å²) < 4.78 is 27.2. The summed E-state index contributed by atoms with van der Waals surface area (Å²) in [5, 5.41) is 0.833. The van der Waals surface area contributed by atoms with E-state index in [2.05, 4.69) is 4.98 Å². The summed E-state index contributed by atoms with van der Waals surface area (Å²) in [5.74, 6) is -0.798. The van der Waals surface area contributed by atoms with E-state index in [1.807, 2.05) is 37.3 Å². The zero-order chi connectivity index (χ0) is 14.8. The minimum absolute atomic E-state index is 0.188. The Hall–Kier alpha value is -1.94. The van der Waals surface area contributed by atoms with E-state index in [0.717, 1.165) is 21.9 Å².